The van der Waals surface area contributed by atoms with Gasteiger partial charge in [-0.3, -0.25) is 0 Å². The van der Waals surface area contributed by atoms with Crippen molar-refractivity contribution in [1.29, 1.82) is 0 Å². The lowest BCUT2D eigenvalue weighted by Gasteiger charge is -1.73. The zero-order chi connectivity index (χ0) is 5.82. The standard InChI is InChI=1S/C6H5FS/c7-4-3-6-2-1-5-8-6/h1-5H/b4-3+. The maximum atomic E-state index is 11.4. The van der Waals surface area contributed by atoms with E-state index in [-0.39, 0.29) is 0 Å². The number of hydrogen-bond acceptors (Lipinski definition) is 1. The largest absolute Gasteiger partial charge is 0.215 e. The molecule has 0 atom stereocenters. The summed E-state index contributed by atoms with van der Waals surface area (Å²) < 4.78 is 11.4. The van der Waals surface area contributed by atoms with Crippen LogP contribution in [0.15, 0.2) is 23.8 Å². The first kappa shape index (κ1) is 5.51. The fraction of sp³-hybridized carbons (Fsp3) is 0. The van der Waals surface area contributed by atoms with Crippen molar-refractivity contribution in [3.05, 3.63) is 28.7 Å². The number of rotatable bonds is 1. The third kappa shape index (κ3) is 1.17. The molecule has 0 aromatic carbocycles. The molecule has 0 aliphatic rings. The van der Waals surface area contributed by atoms with Gasteiger partial charge in [0.2, 0.25) is 0 Å². The normalized spacial score (nSPS) is 10.6. The highest BCUT2D eigenvalue weighted by Gasteiger charge is 1.81. The first-order valence-corrected chi connectivity index (χ1v) is 3.12. The predicted molar refractivity (Wildman–Crippen MR) is 34.5 cm³/mol. The Kier molecular flexibility index (Phi) is 1.80. The molecule has 0 radical (unpaired) electrons. The molecule has 1 heterocycles. The van der Waals surface area contributed by atoms with Crippen molar-refractivity contribution < 1.29 is 4.39 Å². The van der Waals surface area contributed by atoms with Gasteiger partial charge in [0.05, 0.1) is 6.33 Å². The molecule has 0 unspecified atom stereocenters. The van der Waals surface area contributed by atoms with E-state index >= 15 is 0 Å². The lowest BCUT2D eigenvalue weighted by Crippen LogP contribution is -1.49. The third-order valence-electron chi connectivity index (χ3n) is 0.770. The van der Waals surface area contributed by atoms with Crippen LogP contribution >= 0.6 is 11.3 Å². The van der Waals surface area contributed by atoms with E-state index in [1.165, 1.54) is 17.4 Å². The molecule has 0 bridgehead atoms. The van der Waals surface area contributed by atoms with Crippen LogP contribution in [0.5, 0.6) is 0 Å². The monoisotopic (exact) mass is 128 g/mol. The zero-order valence-electron chi connectivity index (χ0n) is 4.17. The number of thiophene rings is 1. The van der Waals surface area contributed by atoms with Gasteiger partial charge in [-0.1, -0.05) is 6.07 Å². The van der Waals surface area contributed by atoms with Gasteiger partial charge in [0.25, 0.3) is 0 Å². The summed E-state index contributed by atoms with van der Waals surface area (Å²) in [7, 11) is 0. The average molecular weight is 128 g/mol. The molecule has 0 aliphatic carbocycles. The number of hydrogen-bond donors (Lipinski definition) is 0. The lowest BCUT2D eigenvalue weighted by molar-refractivity contribution is 0.728. The van der Waals surface area contributed by atoms with Gasteiger partial charge in [0.15, 0.2) is 0 Å². The molecule has 0 nitrogen and oxygen atoms in total. The quantitative estimate of drug-likeness (QED) is 0.545. The van der Waals surface area contributed by atoms with Crippen molar-refractivity contribution in [2.24, 2.45) is 0 Å². The topological polar surface area (TPSA) is 0 Å². The minimum Gasteiger partial charge on any atom is -0.215 e. The lowest BCUT2D eigenvalue weighted by atomic mass is 10.5. The van der Waals surface area contributed by atoms with Gasteiger partial charge in [0.1, 0.15) is 0 Å². The first-order chi connectivity index (χ1) is 3.93. The summed E-state index contributed by atoms with van der Waals surface area (Å²) in [6.45, 7) is 0. The summed E-state index contributed by atoms with van der Waals surface area (Å²) in [5, 5.41) is 1.91. The Balaban J connectivity index is 2.77. The highest BCUT2D eigenvalue weighted by atomic mass is 32.1. The van der Waals surface area contributed by atoms with Gasteiger partial charge in [-0.15, -0.1) is 11.3 Å². The molecule has 8 heavy (non-hydrogen) atoms. The van der Waals surface area contributed by atoms with Gasteiger partial charge in [-0.25, -0.2) is 4.39 Å². The molecule has 0 saturated carbocycles. The van der Waals surface area contributed by atoms with Gasteiger partial charge in [-0.2, -0.15) is 0 Å². The zero-order valence-corrected chi connectivity index (χ0v) is 4.99. The summed E-state index contributed by atoms with van der Waals surface area (Å²) in [6.07, 6.45) is 1.98. The Morgan fingerprint density at radius 1 is 1.62 bits per heavy atom. The van der Waals surface area contributed by atoms with Crippen molar-refractivity contribution in [1.82, 2.24) is 0 Å². The summed E-state index contributed by atoms with van der Waals surface area (Å²) in [6, 6.07) is 3.75. The fourth-order valence-electron chi connectivity index (χ4n) is 0.448. The molecule has 0 spiro atoms. The highest BCUT2D eigenvalue weighted by Crippen LogP contribution is 2.09. The van der Waals surface area contributed by atoms with E-state index in [4.69, 9.17) is 0 Å². The highest BCUT2D eigenvalue weighted by molar-refractivity contribution is 7.10. The molecule has 1 aromatic rings. The van der Waals surface area contributed by atoms with Crippen molar-refractivity contribution in [3.63, 3.8) is 0 Å². The molecule has 0 N–H and O–H groups in total. The van der Waals surface area contributed by atoms with E-state index in [2.05, 4.69) is 0 Å². The van der Waals surface area contributed by atoms with E-state index in [0.717, 1.165) is 4.88 Å². The fourth-order valence-corrected chi connectivity index (χ4v) is 1.05. The van der Waals surface area contributed by atoms with E-state index in [9.17, 15) is 4.39 Å². The van der Waals surface area contributed by atoms with Crippen molar-refractivity contribution in [2.75, 3.05) is 0 Å². The predicted octanol–water partition coefficient (Wildman–Crippen LogP) is 2.69. The Morgan fingerprint density at radius 2 is 2.50 bits per heavy atom. The van der Waals surface area contributed by atoms with E-state index in [0.29, 0.717) is 6.33 Å². The molecule has 1 rings (SSSR count). The maximum absolute atomic E-state index is 11.4. The molecule has 0 aliphatic heterocycles. The molecule has 1 aromatic heterocycles. The smallest absolute Gasteiger partial charge is 0.0880 e. The SMILES string of the molecule is F/C=C/c1cccs1. The minimum atomic E-state index is 0.547. The van der Waals surface area contributed by atoms with Crippen LogP contribution in [0.2, 0.25) is 0 Å². The Labute approximate surface area is 51.3 Å². The second-order valence-corrected chi connectivity index (χ2v) is 2.29. The van der Waals surface area contributed by atoms with Crippen LogP contribution in [0.25, 0.3) is 6.08 Å². The Hall–Kier alpha value is -0.630. The van der Waals surface area contributed by atoms with E-state index in [1.54, 1.807) is 0 Å². The van der Waals surface area contributed by atoms with E-state index in [1.807, 2.05) is 17.5 Å². The van der Waals surface area contributed by atoms with E-state index < -0.39 is 0 Å². The summed E-state index contributed by atoms with van der Waals surface area (Å²) in [4.78, 5) is 0.951. The molecular weight excluding hydrogens is 123 g/mol. The molecular formula is C6H5FS. The summed E-state index contributed by atoms with van der Waals surface area (Å²) >= 11 is 1.52. The van der Waals surface area contributed by atoms with Crippen molar-refractivity contribution in [2.45, 2.75) is 0 Å². The molecule has 2 heteroatoms. The van der Waals surface area contributed by atoms with Crippen LogP contribution in [-0.4, -0.2) is 0 Å². The van der Waals surface area contributed by atoms with Gasteiger partial charge in [0, 0.05) is 4.88 Å². The molecule has 0 saturated heterocycles. The average Bonchev–Trinajstić information content (AvgIpc) is 2.19. The van der Waals surface area contributed by atoms with Gasteiger partial charge < -0.3 is 0 Å². The van der Waals surface area contributed by atoms with Crippen LogP contribution < -0.4 is 0 Å². The summed E-state index contributed by atoms with van der Waals surface area (Å²) in [5.74, 6) is 0. The Morgan fingerprint density at radius 3 is 3.00 bits per heavy atom. The third-order valence-corrected chi connectivity index (χ3v) is 1.61. The van der Waals surface area contributed by atoms with Crippen LogP contribution in [-0.2, 0) is 0 Å². The van der Waals surface area contributed by atoms with Gasteiger partial charge >= 0.3 is 0 Å². The second kappa shape index (κ2) is 2.62. The summed E-state index contributed by atoms with van der Waals surface area (Å²) in [5.41, 5.74) is 0. The number of halogens is 1. The molecule has 42 valence electrons. The van der Waals surface area contributed by atoms with Crippen molar-refractivity contribution >= 4 is 17.4 Å². The van der Waals surface area contributed by atoms with Crippen LogP contribution in [0.4, 0.5) is 4.39 Å². The first-order valence-electron chi connectivity index (χ1n) is 2.24. The van der Waals surface area contributed by atoms with Crippen molar-refractivity contribution in [3.8, 4) is 0 Å². The minimum absolute atomic E-state index is 0.547. The molecule has 0 amide bonds. The Bertz CT molecular complexity index is 165. The molecule has 0 fully saturated rings. The van der Waals surface area contributed by atoms with Crippen LogP contribution in [0.1, 0.15) is 4.88 Å². The van der Waals surface area contributed by atoms with Crippen LogP contribution in [0.3, 0.4) is 0 Å². The second-order valence-electron chi connectivity index (χ2n) is 1.31. The van der Waals surface area contributed by atoms with Gasteiger partial charge in [-0.05, 0) is 17.5 Å². The maximum Gasteiger partial charge on any atom is 0.0880 e. The van der Waals surface area contributed by atoms with Crippen LogP contribution in [0, 0.1) is 0 Å².